The van der Waals surface area contributed by atoms with Crippen molar-refractivity contribution in [1.29, 1.82) is 0 Å². The Kier molecular flexibility index (Phi) is 6.07. The largest absolute Gasteiger partial charge is 0.338 e. The van der Waals surface area contributed by atoms with E-state index in [1.807, 2.05) is 11.0 Å². The zero-order valence-corrected chi connectivity index (χ0v) is 13.7. The molecule has 1 aliphatic heterocycles. The van der Waals surface area contributed by atoms with Crippen LogP contribution in [-0.2, 0) is 11.3 Å². The van der Waals surface area contributed by atoms with Crippen LogP contribution in [0.3, 0.4) is 0 Å². The maximum absolute atomic E-state index is 12.0. The Labute approximate surface area is 132 Å². The number of halogens is 1. The lowest BCUT2D eigenvalue weighted by molar-refractivity contribution is -0.130. The van der Waals surface area contributed by atoms with Gasteiger partial charge in [0.05, 0.1) is 0 Å². The van der Waals surface area contributed by atoms with Crippen molar-refractivity contribution in [2.45, 2.75) is 45.3 Å². The normalized spacial score (nSPS) is 19.1. The summed E-state index contributed by atoms with van der Waals surface area (Å²) < 4.78 is 0. The number of alkyl halides is 1. The molecule has 3 nitrogen and oxygen atoms in total. The smallest absolute Gasteiger partial charge is 0.237 e. The topological polar surface area (TPSA) is 23.6 Å². The van der Waals surface area contributed by atoms with E-state index >= 15 is 0 Å². The Morgan fingerprint density at radius 3 is 2.71 bits per heavy atom. The molecular formula is C17H25ClN2O. The van der Waals surface area contributed by atoms with Gasteiger partial charge in [-0.2, -0.15) is 0 Å². The van der Waals surface area contributed by atoms with E-state index in [1.165, 1.54) is 12.0 Å². The fourth-order valence-electron chi connectivity index (χ4n) is 3.03. The highest BCUT2D eigenvalue weighted by atomic mass is 35.5. The molecule has 2 rings (SSSR count). The van der Waals surface area contributed by atoms with Crippen LogP contribution in [0.2, 0.25) is 0 Å². The lowest BCUT2D eigenvalue weighted by Gasteiger charge is -2.33. The first kappa shape index (κ1) is 16.3. The number of hydrogen-bond acceptors (Lipinski definition) is 2. The number of amides is 1. The van der Waals surface area contributed by atoms with Crippen LogP contribution in [0.15, 0.2) is 30.3 Å². The molecule has 116 valence electrons. The average molecular weight is 309 g/mol. The number of benzene rings is 1. The summed E-state index contributed by atoms with van der Waals surface area (Å²) in [5, 5.41) is 0. The second kappa shape index (κ2) is 7.81. The average Bonchev–Trinajstić information content (AvgIpc) is 2.92. The van der Waals surface area contributed by atoms with Gasteiger partial charge in [-0.05, 0) is 38.8 Å². The number of nitrogens with zero attached hydrogens (tertiary/aromatic N) is 2. The molecule has 0 bridgehead atoms. The molecule has 0 spiro atoms. The van der Waals surface area contributed by atoms with Gasteiger partial charge in [-0.25, -0.2) is 0 Å². The standard InChI is InChI=1S/C17H25ClN2O/c1-14(2)20(17(21)11-18)13-16-9-6-10-19(16)12-15-7-4-3-5-8-15/h3-5,7-8,14,16H,6,9-13H2,1-2H3/t16-/m0/s1. The molecule has 0 radical (unpaired) electrons. The van der Waals surface area contributed by atoms with Gasteiger partial charge in [-0.3, -0.25) is 9.69 Å². The highest BCUT2D eigenvalue weighted by Crippen LogP contribution is 2.21. The van der Waals surface area contributed by atoms with E-state index in [1.54, 1.807) is 0 Å². The second-order valence-corrected chi connectivity index (χ2v) is 6.29. The molecule has 1 atom stereocenters. The van der Waals surface area contributed by atoms with E-state index < -0.39 is 0 Å². The molecule has 21 heavy (non-hydrogen) atoms. The highest BCUT2D eigenvalue weighted by Gasteiger charge is 2.28. The maximum atomic E-state index is 12.0. The van der Waals surface area contributed by atoms with Crippen LogP contribution in [-0.4, -0.2) is 46.8 Å². The molecule has 0 saturated carbocycles. The monoisotopic (exact) mass is 308 g/mol. The summed E-state index contributed by atoms with van der Waals surface area (Å²) in [7, 11) is 0. The van der Waals surface area contributed by atoms with Crippen molar-refractivity contribution in [3.8, 4) is 0 Å². The van der Waals surface area contributed by atoms with Crippen LogP contribution >= 0.6 is 11.6 Å². The fraction of sp³-hybridized carbons (Fsp3) is 0.588. The molecule has 1 saturated heterocycles. The van der Waals surface area contributed by atoms with Crippen LogP contribution in [0.4, 0.5) is 0 Å². The van der Waals surface area contributed by atoms with Crippen LogP contribution < -0.4 is 0 Å². The van der Waals surface area contributed by atoms with Gasteiger partial charge in [0, 0.05) is 25.2 Å². The minimum atomic E-state index is 0.0400. The van der Waals surface area contributed by atoms with Crippen LogP contribution in [0.5, 0.6) is 0 Å². The third-order valence-electron chi connectivity index (χ3n) is 4.19. The molecule has 1 heterocycles. The van der Waals surface area contributed by atoms with Crippen molar-refractivity contribution in [2.24, 2.45) is 0 Å². The van der Waals surface area contributed by atoms with E-state index in [9.17, 15) is 4.79 Å². The summed E-state index contributed by atoms with van der Waals surface area (Å²) in [6.07, 6.45) is 2.37. The van der Waals surface area contributed by atoms with Crippen molar-refractivity contribution in [3.05, 3.63) is 35.9 Å². The number of carbonyl (C=O) groups excluding carboxylic acids is 1. The Bertz CT molecular complexity index is 449. The zero-order chi connectivity index (χ0) is 15.2. The predicted molar refractivity (Wildman–Crippen MR) is 87.4 cm³/mol. The lowest BCUT2D eigenvalue weighted by atomic mass is 10.1. The summed E-state index contributed by atoms with van der Waals surface area (Å²) in [5.74, 6) is 0.113. The van der Waals surface area contributed by atoms with Gasteiger partial charge in [0.15, 0.2) is 0 Å². The third kappa shape index (κ3) is 4.45. The second-order valence-electron chi connectivity index (χ2n) is 6.03. The van der Waals surface area contributed by atoms with Gasteiger partial charge in [0.25, 0.3) is 0 Å². The summed E-state index contributed by atoms with van der Waals surface area (Å²) in [6, 6.07) is 11.2. The Morgan fingerprint density at radius 2 is 2.10 bits per heavy atom. The van der Waals surface area contributed by atoms with Gasteiger partial charge in [0.2, 0.25) is 5.91 Å². The molecule has 1 aromatic carbocycles. The lowest BCUT2D eigenvalue weighted by Crippen LogP contribution is -2.46. The SMILES string of the molecule is CC(C)N(C[C@@H]1CCCN1Cc1ccccc1)C(=O)CCl. The molecule has 0 N–H and O–H groups in total. The Balaban J connectivity index is 1.99. The number of hydrogen-bond donors (Lipinski definition) is 0. The van der Waals surface area contributed by atoms with Gasteiger partial charge >= 0.3 is 0 Å². The van der Waals surface area contributed by atoms with Crippen molar-refractivity contribution >= 4 is 17.5 Å². The quantitative estimate of drug-likeness (QED) is 0.754. The van der Waals surface area contributed by atoms with E-state index in [0.29, 0.717) is 6.04 Å². The minimum Gasteiger partial charge on any atom is -0.338 e. The summed E-state index contributed by atoms with van der Waals surface area (Å²) in [5.41, 5.74) is 1.34. The van der Waals surface area contributed by atoms with Crippen molar-refractivity contribution in [2.75, 3.05) is 19.0 Å². The van der Waals surface area contributed by atoms with Crippen molar-refractivity contribution < 1.29 is 4.79 Å². The van der Waals surface area contributed by atoms with Crippen molar-refractivity contribution in [1.82, 2.24) is 9.80 Å². The van der Waals surface area contributed by atoms with Gasteiger partial charge in [0.1, 0.15) is 5.88 Å². The minimum absolute atomic E-state index is 0.0400. The number of rotatable bonds is 6. The van der Waals surface area contributed by atoms with Crippen LogP contribution in [0.1, 0.15) is 32.3 Å². The number of likely N-dealkylation sites (tertiary alicyclic amines) is 1. The summed E-state index contributed by atoms with van der Waals surface area (Å²) in [4.78, 5) is 16.4. The molecule has 1 amide bonds. The van der Waals surface area contributed by atoms with Crippen LogP contribution in [0, 0.1) is 0 Å². The van der Waals surface area contributed by atoms with E-state index in [4.69, 9.17) is 11.6 Å². The highest BCUT2D eigenvalue weighted by molar-refractivity contribution is 6.27. The van der Waals surface area contributed by atoms with Gasteiger partial charge in [-0.1, -0.05) is 30.3 Å². The molecule has 0 aliphatic carbocycles. The molecular weight excluding hydrogens is 284 g/mol. The molecule has 4 heteroatoms. The molecule has 1 fully saturated rings. The Hall–Kier alpha value is -1.06. The van der Waals surface area contributed by atoms with Gasteiger partial charge in [-0.15, -0.1) is 11.6 Å². The predicted octanol–water partition coefficient (Wildman–Crippen LogP) is 3.13. The third-order valence-corrected chi connectivity index (χ3v) is 4.42. The molecule has 0 aromatic heterocycles. The molecule has 1 aliphatic rings. The maximum Gasteiger partial charge on any atom is 0.237 e. The zero-order valence-electron chi connectivity index (χ0n) is 13.0. The van der Waals surface area contributed by atoms with Gasteiger partial charge < -0.3 is 4.90 Å². The molecule has 0 unspecified atom stereocenters. The Morgan fingerprint density at radius 1 is 1.38 bits per heavy atom. The van der Waals surface area contributed by atoms with E-state index in [2.05, 4.69) is 43.0 Å². The van der Waals surface area contributed by atoms with E-state index in [-0.39, 0.29) is 17.8 Å². The van der Waals surface area contributed by atoms with E-state index in [0.717, 1.165) is 26.1 Å². The number of carbonyl (C=O) groups is 1. The first-order valence-electron chi connectivity index (χ1n) is 7.75. The summed E-state index contributed by atoms with van der Waals surface area (Å²) in [6.45, 7) is 6.98. The summed E-state index contributed by atoms with van der Waals surface area (Å²) >= 11 is 5.74. The van der Waals surface area contributed by atoms with Crippen molar-refractivity contribution in [3.63, 3.8) is 0 Å². The molecule has 1 aromatic rings. The van der Waals surface area contributed by atoms with Crippen LogP contribution in [0.25, 0.3) is 0 Å². The fourth-order valence-corrected chi connectivity index (χ4v) is 3.19. The first-order chi connectivity index (χ1) is 10.1. The first-order valence-corrected chi connectivity index (χ1v) is 8.28.